The van der Waals surface area contributed by atoms with E-state index in [1.54, 1.807) is 13.8 Å². The van der Waals surface area contributed by atoms with Crippen LogP contribution >= 0.6 is 0 Å². The number of likely N-dealkylation sites (tertiary alicyclic amines) is 1. The molecule has 4 atom stereocenters. The van der Waals surface area contributed by atoms with E-state index < -0.39 is 5.60 Å². The van der Waals surface area contributed by atoms with Crippen LogP contribution < -0.4 is 5.32 Å². The molecular weight excluding hydrogens is 346 g/mol. The highest BCUT2D eigenvalue weighted by Crippen LogP contribution is 2.45. The quantitative estimate of drug-likeness (QED) is 0.874. The van der Waals surface area contributed by atoms with Crippen molar-refractivity contribution in [3.63, 3.8) is 0 Å². The molecule has 7 heteroatoms. The lowest BCUT2D eigenvalue weighted by molar-refractivity contribution is 0.0196. The van der Waals surface area contributed by atoms with E-state index in [1.165, 1.54) is 0 Å². The number of nitrogens with one attached hydrogen (secondary N) is 1. The number of rotatable bonds is 3. The minimum absolute atomic E-state index is 0.0424. The summed E-state index contributed by atoms with van der Waals surface area (Å²) < 4.78 is 10.7. The van der Waals surface area contributed by atoms with Crippen LogP contribution in [0, 0.1) is 31.6 Å². The fraction of sp³-hybridized carbons (Fsp3) is 0.750. The third-order valence-corrected chi connectivity index (χ3v) is 5.67. The molecule has 3 rings (SSSR count). The number of nitrogens with zero attached hydrogens (tertiary/aromatic N) is 2. The fourth-order valence-electron chi connectivity index (χ4n) is 4.63. The van der Waals surface area contributed by atoms with Crippen molar-refractivity contribution in [3.8, 4) is 0 Å². The predicted octanol–water partition coefficient (Wildman–Crippen LogP) is 3.30. The molecule has 0 radical (unpaired) electrons. The second-order valence-electron chi connectivity index (χ2n) is 9.11. The van der Waals surface area contributed by atoms with E-state index in [0.29, 0.717) is 47.9 Å². The number of aromatic nitrogens is 1. The van der Waals surface area contributed by atoms with Crippen molar-refractivity contribution in [1.82, 2.24) is 15.4 Å². The molecule has 2 aliphatic rings. The van der Waals surface area contributed by atoms with Crippen molar-refractivity contribution in [1.29, 1.82) is 0 Å². The smallest absolute Gasteiger partial charge is 0.410 e. The molecule has 1 unspecified atom stereocenters. The standard InChI is InChI=1S/C20H31N3O4/c1-11-7-14-10-23(19(25)26-20(4,5)6)16(15(14)8-11)9-21-18(24)17-12(2)22-27-13(17)3/h11,14-16H,7-10H2,1-6H3,(H,21,24)/t11?,14-,15-,16+/m0/s1. The molecule has 1 aromatic rings. The van der Waals surface area contributed by atoms with Gasteiger partial charge in [0.25, 0.3) is 5.91 Å². The third-order valence-electron chi connectivity index (χ3n) is 5.67. The first kappa shape index (κ1) is 19.7. The minimum atomic E-state index is -0.535. The lowest BCUT2D eigenvalue weighted by atomic mass is 9.93. The van der Waals surface area contributed by atoms with Crippen LogP contribution in [0.2, 0.25) is 0 Å². The maximum atomic E-state index is 12.7. The first-order valence-electron chi connectivity index (χ1n) is 9.77. The molecule has 1 N–H and O–H groups in total. The Hall–Kier alpha value is -2.05. The zero-order chi connectivity index (χ0) is 19.9. The van der Waals surface area contributed by atoms with Gasteiger partial charge in [0.1, 0.15) is 16.9 Å². The van der Waals surface area contributed by atoms with Gasteiger partial charge in [0.15, 0.2) is 0 Å². The highest BCUT2D eigenvalue weighted by atomic mass is 16.6. The Balaban J connectivity index is 1.72. The molecule has 27 heavy (non-hydrogen) atoms. The van der Waals surface area contributed by atoms with Crippen LogP contribution in [0.3, 0.4) is 0 Å². The summed E-state index contributed by atoms with van der Waals surface area (Å²) in [5.41, 5.74) is 0.521. The molecule has 2 heterocycles. The maximum Gasteiger partial charge on any atom is 0.410 e. The molecular formula is C20H31N3O4. The Bertz CT molecular complexity index is 702. The molecule has 1 saturated carbocycles. The minimum Gasteiger partial charge on any atom is -0.444 e. The topological polar surface area (TPSA) is 84.7 Å². The lowest BCUT2D eigenvalue weighted by Gasteiger charge is -2.31. The largest absolute Gasteiger partial charge is 0.444 e. The van der Waals surface area contributed by atoms with E-state index in [0.717, 1.165) is 12.8 Å². The second kappa shape index (κ2) is 7.17. The fourth-order valence-corrected chi connectivity index (χ4v) is 4.63. The Kier molecular flexibility index (Phi) is 5.23. The van der Waals surface area contributed by atoms with Crippen molar-refractivity contribution in [2.24, 2.45) is 17.8 Å². The summed E-state index contributed by atoms with van der Waals surface area (Å²) in [6, 6.07) is -0.0424. The van der Waals surface area contributed by atoms with Crippen molar-refractivity contribution in [2.75, 3.05) is 13.1 Å². The van der Waals surface area contributed by atoms with Crippen LogP contribution in [0.5, 0.6) is 0 Å². The van der Waals surface area contributed by atoms with Crippen molar-refractivity contribution in [3.05, 3.63) is 17.0 Å². The van der Waals surface area contributed by atoms with Gasteiger partial charge >= 0.3 is 6.09 Å². The van der Waals surface area contributed by atoms with Crippen LogP contribution in [0.25, 0.3) is 0 Å². The summed E-state index contributed by atoms with van der Waals surface area (Å²) in [4.78, 5) is 27.2. The van der Waals surface area contributed by atoms with Crippen LogP contribution in [0.15, 0.2) is 4.52 Å². The monoisotopic (exact) mass is 377 g/mol. The van der Waals surface area contributed by atoms with Crippen LogP contribution in [-0.2, 0) is 4.74 Å². The summed E-state index contributed by atoms with van der Waals surface area (Å²) in [6.45, 7) is 12.5. The van der Waals surface area contributed by atoms with Gasteiger partial charge in [-0.15, -0.1) is 0 Å². The van der Waals surface area contributed by atoms with Gasteiger partial charge in [0.2, 0.25) is 0 Å². The van der Waals surface area contributed by atoms with Crippen LogP contribution in [0.4, 0.5) is 4.79 Å². The number of fused-ring (bicyclic) bond motifs is 1. The van der Waals surface area contributed by atoms with E-state index >= 15 is 0 Å². The number of amides is 2. The summed E-state index contributed by atoms with van der Waals surface area (Å²) in [7, 11) is 0. The average Bonchev–Trinajstić information content (AvgIpc) is 3.16. The number of hydrogen-bond donors (Lipinski definition) is 1. The molecule has 1 saturated heterocycles. The summed E-state index contributed by atoms with van der Waals surface area (Å²) in [5, 5.41) is 6.84. The van der Waals surface area contributed by atoms with E-state index in [1.807, 2.05) is 25.7 Å². The molecule has 1 aromatic heterocycles. The molecule has 2 amide bonds. The normalized spacial score (nSPS) is 27.6. The van der Waals surface area contributed by atoms with Gasteiger partial charge in [0, 0.05) is 13.1 Å². The van der Waals surface area contributed by atoms with Crippen molar-refractivity contribution < 1.29 is 18.8 Å². The van der Waals surface area contributed by atoms with Gasteiger partial charge in [-0.2, -0.15) is 0 Å². The molecule has 1 aliphatic carbocycles. The van der Waals surface area contributed by atoms with Crippen molar-refractivity contribution >= 4 is 12.0 Å². The van der Waals surface area contributed by atoms with Gasteiger partial charge in [-0.3, -0.25) is 4.79 Å². The van der Waals surface area contributed by atoms with E-state index in [4.69, 9.17) is 9.26 Å². The SMILES string of the molecule is Cc1noc(C)c1C(=O)NC[C@@H]1[C@H]2CC(C)C[C@H]2CN1C(=O)OC(C)(C)C. The van der Waals surface area contributed by atoms with Crippen LogP contribution in [-0.4, -0.2) is 46.8 Å². The van der Waals surface area contributed by atoms with E-state index in [9.17, 15) is 9.59 Å². The Morgan fingerprint density at radius 1 is 1.30 bits per heavy atom. The molecule has 7 nitrogen and oxygen atoms in total. The predicted molar refractivity (Wildman–Crippen MR) is 100 cm³/mol. The van der Waals surface area contributed by atoms with Gasteiger partial charge in [-0.05, 0) is 65.2 Å². The third kappa shape index (κ3) is 4.12. The molecule has 0 bridgehead atoms. The first-order chi connectivity index (χ1) is 12.6. The number of aryl methyl sites for hydroxylation is 2. The van der Waals surface area contributed by atoms with E-state index in [2.05, 4.69) is 17.4 Å². The summed E-state index contributed by atoms with van der Waals surface area (Å²) in [5.74, 6) is 1.84. The summed E-state index contributed by atoms with van der Waals surface area (Å²) >= 11 is 0. The molecule has 150 valence electrons. The Labute approximate surface area is 160 Å². The van der Waals surface area contributed by atoms with Gasteiger partial charge < -0.3 is 19.5 Å². The van der Waals surface area contributed by atoms with Gasteiger partial charge in [-0.25, -0.2) is 4.79 Å². The number of hydrogen-bond acceptors (Lipinski definition) is 5. The van der Waals surface area contributed by atoms with Crippen molar-refractivity contribution in [2.45, 2.75) is 66.0 Å². The zero-order valence-electron chi connectivity index (χ0n) is 17.2. The number of carbonyl (C=O) groups is 2. The average molecular weight is 377 g/mol. The molecule has 0 aromatic carbocycles. The highest BCUT2D eigenvalue weighted by molar-refractivity contribution is 5.96. The zero-order valence-corrected chi connectivity index (χ0v) is 17.2. The maximum absolute atomic E-state index is 12.7. The molecule has 1 aliphatic heterocycles. The lowest BCUT2D eigenvalue weighted by Crippen LogP contribution is -2.47. The van der Waals surface area contributed by atoms with E-state index in [-0.39, 0.29) is 18.0 Å². The van der Waals surface area contributed by atoms with Gasteiger partial charge in [0.05, 0.1) is 11.7 Å². The number of carbonyl (C=O) groups excluding carboxylic acids is 2. The number of ether oxygens (including phenoxy) is 1. The van der Waals surface area contributed by atoms with Gasteiger partial charge in [-0.1, -0.05) is 12.1 Å². The van der Waals surface area contributed by atoms with Crippen LogP contribution in [0.1, 0.15) is 62.3 Å². The summed E-state index contributed by atoms with van der Waals surface area (Å²) in [6.07, 6.45) is 1.91. The highest BCUT2D eigenvalue weighted by Gasteiger charge is 2.49. The first-order valence-corrected chi connectivity index (χ1v) is 9.77. The molecule has 0 spiro atoms. The Morgan fingerprint density at radius 2 is 2.00 bits per heavy atom. The molecule has 2 fully saturated rings. The Morgan fingerprint density at radius 3 is 2.59 bits per heavy atom. The second-order valence-corrected chi connectivity index (χ2v) is 9.11.